The van der Waals surface area contributed by atoms with Crippen molar-refractivity contribution < 1.29 is 14.3 Å². The molecule has 2 N–H and O–H groups in total. The smallest absolute Gasteiger partial charge is 0.341 e. The molecule has 0 unspecified atom stereocenters. The number of ether oxygens (including phenoxy) is 1. The number of carbonyl (C=O) groups is 2. The van der Waals surface area contributed by atoms with Crippen LogP contribution >= 0.6 is 11.3 Å². The Bertz CT molecular complexity index is 548. The van der Waals surface area contributed by atoms with E-state index in [0.29, 0.717) is 30.1 Å². The number of rotatable bonds is 2. The second kappa shape index (κ2) is 4.52. The van der Waals surface area contributed by atoms with Crippen molar-refractivity contribution in [3.8, 4) is 0 Å². The first-order valence-corrected chi connectivity index (χ1v) is 7.20. The van der Waals surface area contributed by atoms with Gasteiger partial charge in [-0.25, -0.2) is 4.79 Å². The number of hydrogen-bond acceptors (Lipinski definition) is 5. The first-order chi connectivity index (χ1) is 9.11. The molecular weight excluding hydrogens is 264 g/mol. The molecule has 1 fully saturated rings. The molecule has 1 aliphatic heterocycles. The van der Waals surface area contributed by atoms with Crippen molar-refractivity contribution in [3.05, 3.63) is 16.0 Å². The lowest BCUT2D eigenvalue weighted by atomic mass is 10.0. The van der Waals surface area contributed by atoms with Crippen LogP contribution in [-0.4, -0.2) is 30.4 Å². The number of nitrogens with zero attached hydrogens (tertiary/aromatic N) is 1. The number of carbonyl (C=O) groups excluding carboxylic acids is 2. The van der Waals surface area contributed by atoms with Crippen LogP contribution in [0.15, 0.2) is 0 Å². The summed E-state index contributed by atoms with van der Waals surface area (Å²) in [6.45, 7) is 1.25. The molecule has 1 aliphatic carbocycles. The molecular formula is C13H16N2O3S. The van der Waals surface area contributed by atoms with Crippen molar-refractivity contribution in [2.45, 2.75) is 25.8 Å². The van der Waals surface area contributed by atoms with Gasteiger partial charge in [0.1, 0.15) is 5.00 Å². The maximum absolute atomic E-state index is 12.1. The summed E-state index contributed by atoms with van der Waals surface area (Å²) in [6.07, 6.45) is 2.72. The molecule has 0 radical (unpaired) electrons. The van der Waals surface area contributed by atoms with E-state index in [1.54, 1.807) is 0 Å². The third-order valence-corrected chi connectivity index (χ3v) is 4.76. The van der Waals surface area contributed by atoms with E-state index in [9.17, 15) is 9.59 Å². The molecule has 0 bridgehead atoms. The van der Waals surface area contributed by atoms with E-state index in [1.165, 1.54) is 18.4 Å². The highest BCUT2D eigenvalue weighted by atomic mass is 32.1. The van der Waals surface area contributed by atoms with Gasteiger partial charge in [0.25, 0.3) is 0 Å². The Morgan fingerprint density at radius 2 is 2.16 bits per heavy atom. The topological polar surface area (TPSA) is 72.6 Å². The Hall–Kier alpha value is -1.56. The lowest BCUT2D eigenvalue weighted by Gasteiger charge is -2.27. The first-order valence-electron chi connectivity index (χ1n) is 6.39. The summed E-state index contributed by atoms with van der Waals surface area (Å²) in [7, 11) is 1.36. The van der Waals surface area contributed by atoms with Gasteiger partial charge in [-0.1, -0.05) is 0 Å². The van der Waals surface area contributed by atoms with E-state index in [-0.39, 0.29) is 17.8 Å². The van der Waals surface area contributed by atoms with Crippen LogP contribution < -0.4 is 5.73 Å². The van der Waals surface area contributed by atoms with Crippen molar-refractivity contribution in [2.24, 2.45) is 5.92 Å². The van der Waals surface area contributed by atoms with Crippen LogP contribution in [-0.2, 0) is 22.5 Å². The van der Waals surface area contributed by atoms with Gasteiger partial charge in [0.05, 0.1) is 19.2 Å². The van der Waals surface area contributed by atoms with E-state index in [0.717, 1.165) is 23.3 Å². The number of anilines is 1. The summed E-state index contributed by atoms with van der Waals surface area (Å²) in [6, 6.07) is 0. The standard InChI is InChI=1S/C13H16N2O3S/c1-18-13(17)10-8-4-5-15(12(16)7-2-3-7)6-9(8)19-11(10)14/h7H,2-6,14H2,1H3. The Balaban J connectivity index is 1.86. The third-order valence-electron chi connectivity index (χ3n) is 3.71. The molecule has 2 heterocycles. The number of fused-ring (bicyclic) bond motifs is 1. The van der Waals surface area contributed by atoms with Gasteiger partial charge in [0.2, 0.25) is 5.91 Å². The number of hydrogen-bond donors (Lipinski definition) is 1. The van der Waals surface area contributed by atoms with Crippen LogP contribution in [0.2, 0.25) is 0 Å². The van der Waals surface area contributed by atoms with E-state index in [2.05, 4.69) is 0 Å². The number of methoxy groups -OCH3 is 1. The summed E-state index contributed by atoms with van der Waals surface area (Å²) >= 11 is 1.40. The second-order valence-electron chi connectivity index (χ2n) is 5.02. The highest BCUT2D eigenvalue weighted by molar-refractivity contribution is 7.16. The molecule has 2 aliphatic rings. The summed E-state index contributed by atoms with van der Waals surface area (Å²) in [5, 5.41) is 0.498. The molecule has 1 saturated carbocycles. The minimum absolute atomic E-state index is 0.235. The van der Waals surface area contributed by atoms with E-state index >= 15 is 0 Å². The second-order valence-corrected chi connectivity index (χ2v) is 6.16. The molecule has 5 nitrogen and oxygen atoms in total. The molecule has 0 spiro atoms. The minimum atomic E-state index is -0.378. The zero-order valence-corrected chi connectivity index (χ0v) is 11.6. The Labute approximate surface area is 115 Å². The predicted octanol–water partition coefficient (Wildman–Crippen LogP) is 1.41. The van der Waals surface area contributed by atoms with Crippen LogP contribution in [0.1, 0.15) is 33.6 Å². The van der Waals surface area contributed by atoms with Crippen LogP contribution in [0.3, 0.4) is 0 Å². The number of nitrogens with two attached hydrogens (primary N) is 1. The molecule has 3 rings (SSSR count). The molecule has 0 saturated heterocycles. The third kappa shape index (κ3) is 2.10. The monoisotopic (exact) mass is 280 g/mol. The maximum atomic E-state index is 12.1. The molecule has 19 heavy (non-hydrogen) atoms. The fourth-order valence-electron chi connectivity index (χ4n) is 2.53. The molecule has 0 atom stereocenters. The van der Waals surface area contributed by atoms with Crippen LogP contribution in [0.5, 0.6) is 0 Å². The van der Waals surface area contributed by atoms with Gasteiger partial charge in [-0.15, -0.1) is 11.3 Å². The quantitative estimate of drug-likeness (QED) is 0.831. The summed E-state index contributed by atoms with van der Waals surface area (Å²) in [5.41, 5.74) is 7.37. The van der Waals surface area contributed by atoms with Gasteiger partial charge in [-0.05, 0) is 24.8 Å². The molecule has 0 aromatic carbocycles. The van der Waals surface area contributed by atoms with Gasteiger partial charge >= 0.3 is 5.97 Å². The Morgan fingerprint density at radius 1 is 1.42 bits per heavy atom. The van der Waals surface area contributed by atoms with Crippen molar-refractivity contribution in [2.75, 3.05) is 19.4 Å². The van der Waals surface area contributed by atoms with Crippen molar-refractivity contribution in [1.29, 1.82) is 0 Å². The Kier molecular flexibility index (Phi) is 2.97. The van der Waals surface area contributed by atoms with E-state index in [1.807, 2.05) is 4.90 Å². The maximum Gasteiger partial charge on any atom is 0.341 e. The van der Waals surface area contributed by atoms with E-state index < -0.39 is 0 Å². The fourth-order valence-corrected chi connectivity index (χ4v) is 3.65. The summed E-state index contributed by atoms with van der Waals surface area (Å²) < 4.78 is 4.77. The number of thiophene rings is 1. The van der Waals surface area contributed by atoms with Gasteiger partial charge in [0, 0.05) is 17.3 Å². The highest BCUT2D eigenvalue weighted by Crippen LogP contribution is 2.38. The average Bonchev–Trinajstić information content (AvgIpc) is 3.19. The lowest BCUT2D eigenvalue weighted by molar-refractivity contribution is -0.133. The van der Waals surface area contributed by atoms with Crippen LogP contribution in [0, 0.1) is 5.92 Å². The van der Waals surface area contributed by atoms with Gasteiger partial charge in [-0.3, -0.25) is 4.79 Å². The number of nitrogen functional groups attached to an aromatic ring is 1. The summed E-state index contributed by atoms with van der Waals surface area (Å²) in [4.78, 5) is 26.7. The SMILES string of the molecule is COC(=O)c1c(N)sc2c1CCN(C(=O)C1CC1)C2. The molecule has 1 amide bonds. The van der Waals surface area contributed by atoms with Gasteiger partial charge < -0.3 is 15.4 Å². The molecule has 1 aromatic heterocycles. The van der Waals surface area contributed by atoms with Gasteiger partial charge in [0.15, 0.2) is 0 Å². The van der Waals surface area contributed by atoms with E-state index in [4.69, 9.17) is 10.5 Å². The zero-order chi connectivity index (χ0) is 13.6. The van der Waals surface area contributed by atoms with Crippen LogP contribution in [0.25, 0.3) is 0 Å². The first kappa shape index (κ1) is 12.5. The zero-order valence-electron chi connectivity index (χ0n) is 10.8. The average molecular weight is 280 g/mol. The molecule has 102 valence electrons. The minimum Gasteiger partial charge on any atom is -0.465 e. The highest BCUT2D eigenvalue weighted by Gasteiger charge is 2.36. The van der Waals surface area contributed by atoms with Crippen molar-refractivity contribution in [1.82, 2.24) is 4.90 Å². The Morgan fingerprint density at radius 3 is 2.79 bits per heavy atom. The molecule has 6 heteroatoms. The fraction of sp³-hybridized carbons (Fsp3) is 0.538. The van der Waals surface area contributed by atoms with Crippen molar-refractivity contribution in [3.63, 3.8) is 0 Å². The lowest BCUT2D eigenvalue weighted by Crippen LogP contribution is -2.36. The summed E-state index contributed by atoms with van der Waals surface area (Å²) in [5.74, 6) is 0.105. The normalized spacial score (nSPS) is 18.1. The number of amides is 1. The van der Waals surface area contributed by atoms with Crippen molar-refractivity contribution >= 4 is 28.2 Å². The van der Waals surface area contributed by atoms with Crippen LogP contribution in [0.4, 0.5) is 5.00 Å². The van der Waals surface area contributed by atoms with Gasteiger partial charge in [-0.2, -0.15) is 0 Å². The number of esters is 1. The largest absolute Gasteiger partial charge is 0.465 e. The predicted molar refractivity (Wildman–Crippen MR) is 71.9 cm³/mol. The molecule has 1 aromatic rings.